The zero-order valence-electron chi connectivity index (χ0n) is 12.7. The van der Waals surface area contributed by atoms with Gasteiger partial charge in [-0.1, -0.05) is 0 Å². The molecule has 1 aliphatic rings. The highest BCUT2D eigenvalue weighted by Gasteiger charge is 2.46. The predicted octanol–water partition coefficient (Wildman–Crippen LogP) is 0.992. The minimum absolute atomic E-state index is 0.0124. The topological polar surface area (TPSA) is 92.5 Å². The Morgan fingerprint density at radius 3 is 2.62 bits per heavy atom. The van der Waals surface area contributed by atoms with E-state index in [0.717, 1.165) is 0 Å². The molecule has 0 radical (unpaired) electrons. The van der Waals surface area contributed by atoms with Gasteiger partial charge < -0.3 is 5.11 Å². The average Bonchev–Trinajstić information content (AvgIpc) is 2.78. The Bertz CT molecular complexity index is 663. The van der Waals surface area contributed by atoms with Crippen LogP contribution in [0.5, 0.6) is 0 Å². The van der Waals surface area contributed by atoms with Gasteiger partial charge in [-0.05, 0) is 33.1 Å². The van der Waals surface area contributed by atoms with Crippen LogP contribution >= 0.6 is 0 Å². The SMILES string of the molecule is Cc1nn(C)cc1S(=O)(=O)N1CC(CC(=O)O)CC1(C)C. The van der Waals surface area contributed by atoms with E-state index in [1.165, 1.54) is 15.2 Å². The fraction of sp³-hybridized carbons (Fsp3) is 0.692. The van der Waals surface area contributed by atoms with Crippen LogP contribution in [-0.2, 0) is 21.9 Å². The summed E-state index contributed by atoms with van der Waals surface area (Å²) in [6.07, 6.45) is 2.02. The van der Waals surface area contributed by atoms with Gasteiger partial charge in [0.05, 0.1) is 5.69 Å². The first-order valence-electron chi connectivity index (χ1n) is 6.79. The van der Waals surface area contributed by atoms with E-state index >= 15 is 0 Å². The van der Waals surface area contributed by atoms with E-state index in [9.17, 15) is 13.2 Å². The van der Waals surface area contributed by atoms with E-state index in [2.05, 4.69) is 5.10 Å². The van der Waals surface area contributed by atoms with Gasteiger partial charge in [0.1, 0.15) is 4.90 Å². The maximum atomic E-state index is 12.8. The monoisotopic (exact) mass is 315 g/mol. The third-order valence-corrected chi connectivity index (χ3v) is 6.07. The average molecular weight is 315 g/mol. The minimum atomic E-state index is -3.67. The standard InChI is InChI=1S/C13H21N3O4S/c1-9-11(8-15(4)14-9)21(19,20)16-7-10(5-12(17)18)6-13(16,2)3/h8,10H,5-7H2,1-4H3,(H,17,18). The Morgan fingerprint density at radius 1 is 1.52 bits per heavy atom. The van der Waals surface area contributed by atoms with Gasteiger partial charge in [-0.2, -0.15) is 9.40 Å². The number of aromatic nitrogens is 2. The molecule has 1 aromatic rings. The van der Waals surface area contributed by atoms with Crippen molar-refractivity contribution in [3.8, 4) is 0 Å². The quantitative estimate of drug-likeness (QED) is 0.894. The van der Waals surface area contributed by atoms with Crippen molar-refractivity contribution in [3.05, 3.63) is 11.9 Å². The first-order chi connectivity index (χ1) is 9.54. The van der Waals surface area contributed by atoms with Gasteiger partial charge in [0.2, 0.25) is 10.0 Å². The van der Waals surface area contributed by atoms with Crippen LogP contribution in [-0.4, -0.2) is 45.7 Å². The van der Waals surface area contributed by atoms with Crippen molar-refractivity contribution in [2.75, 3.05) is 6.54 Å². The lowest BCUT2D eigenvalue weighted by atomic mass is 9.95. The van der Waals surface area contributed by atoms with E-state index in [0.29, 0.717) is 12.1 Å². The third kappa shape index (κ3) is 2.96. The molecule has 0 bridgehead atoms. The van der Waals surface area contributed by atoms with Gasteiger partial charge >= 0.3 is 5.97 Å². The van der Waals surface area contributed by atoms with Crippen LogP contribution < -0.4 is 0 Å². The normalized spacial score (nSPS) is 22.6. The molecule has 1 unspecified atom stereocenters. The van der Waals surface area contributed by atoms with Gasteiger partial charge in [-0.25, -0.2) is 8.42 Å². The van der Waals surface area contributed by atoms with Crippen molar-refractivity contribution < 1.29 is 18.3 Å². The van der Waals surface area contributed by atoms with Crippen LogP contribution in [0.4, 0.5) is 0 Å². The molecule has 1 aromatic heterocycles. The molecule has 0 aromatic carbocycles. The number of hydrogen-bond donors (Lipinski definition) is 1. The summed E-state index contributed by atoms with van der Waals surface area (Å²) >= 11 is 0. The number of aryl methyl sites for hydroxylation is 2. The fourth-order valence-corrected chi connectivity index (χ4v) is 5.18. The van der Waals surface area contributed by atoms with Crippen molar-refractivity contribution in [1.82, 2.24) is 14.1 Å². The van der Waals surface area contributed by atoms with Gasteiger partial charge in [0, 0.05) is 31.7 Å². The number of aliphatic carboxylic acids is 1. The van der Waals surface area contributed by atoms with E-state index in [1.807, 2.05) is 13.8 Å². The van der Waals surface area contributed by atoms with Crippen LogP contribution in [0, 0.1) is 12.8 Å². The molecule has 0 aliphatic carbocycles. The lowest BCUT2D eigenvalue weighted by Gasteiger charge is -2.30. The van der Waals surface area contributed by atoms with Crippen molar-refractivity contribution in [3.63, 3.8) is 0 Å². The Morgan fingerprint density at radius 2 is 2.14 bits per heavy atom. The number of sulfonamides is 1. The van der Waals surface area contributed by atoms with Crippen molar-refractivity contribution in [2.45, 2.75) is 44.0 Å². The first kappa shape index (κ1) is 16.0. The fourth-order valence-electron chi connectivity index (χ4n) is 3.11. The molecular weight excluding hydrogens is 294 g/mol. The molecule has 118 valence electrons. The number of carboxylic acids is 1. The Hall–Kier alpha value is -1.41. The number of carbonyl (C=O) groups is 1. The van der Waals surface area contributed by atoms with Crippen LogP contribution in [0.2, 0.25) is 0 Å². The van der Waals surface area contributed by atoms with Crippen LogP contribution in [0.1, 0.15) is 32.4 Å². The second kappa shape index (κ2) is 5.10. The molecule has 0 spiro atoms. The molecule has 1 N–H and O–H groups in total. The molecule has 1 atom stereocenters. The highest BCUT2D eigenvalue weighted by atomic mass is 32.2. The number of carboxylic acid groups (broad SMARTS) is 1. The number of rotatable bonds is 4. The van der Waals surface area contributed by atoms with Crippen molar-refractivity contribution in [2.24, 2.45) is 13.0 Å². The third-order valence-electron chi connectivity index (χ3n) is 3.89. The van der Waals surface area contributed by atoms with Gasteiger partial charge in [0.25, 0.3) is 0 Å². The van der Waals surface area contributed by atoms with E-state index in [1.54, 1.807) is 14.0 Å². The van der Waals surface area contributed by atoms with E-state index in [-0.39, 0.29) is 23.8 Å². The molecule has 1 saturated heterocycles. The van der Waals surface area contributed by atoms with Crippen molar-refractivity contribution >= 4 is 16.0 Å². The maximum absolute atomic E-state index is 12.8. The number of nitrogens with zero attached hydrogens (tertiary/aromatic N) is 3. The highest BCUT2D eigenvalue weighted by molar-refractivity contribution is 7.89. The Kier molecular flexibility index (Phi) is 3.88. The lowest BCUT2D eigenvalue weighted by molar-refractivity contribution is -0.138. The molecule has 0 amide bonds. The Balaban J connectivity index is 2.36. The summed E-state index contributed by atoms with van der Waals surface area (Å²) in [5, 5.41) is 13.0. The zero-order chi connectivity index (χ0) is 16.0. The van der Waals surface area contributed by atoms with Crippen LogP contribution in [0.3, 0.4) is 0 Å². The number of hydrogen-bond acceptors (Lipinski definition) is 4. The summed E-state index contributed by atoms with van der Waals surface area (Å²) in [6.45, 7) is 5.55. The summed E-state index contributed by atoms with van der Waals surface area (Å²) in [5.41, 5.74) is -0.142. The molecule has 7 nitrogen and oxygen atoms in total. The second-order valence-corrected chi connectivity index (χ2v) is 8.10. The summed E-state index contributed by atoms with van der Waals surface area (Å²) < 4.78 is 28.6. The molecule has 21 heavy (non-hydrogen) atoms. The lowest BCUT2D eigenvalue weighted by Crippen LogP contribution is -2.42. The first-order valence-corrected chi connectivity index (χ1v) is 8.23. The molecule has 2 heterocycles. The summed E-state index contributed by atoms with van der Waals surface area (Å²) in [5.74, 6) is -1.06. The van der Waals surface area contributed by atoms with Crippen LogP contribution in [0.25, 0.3) is 0 Å². The van der Waals surface area contributed by atoms with E-state index in [4.69, 9.17) is 5.11 Å². The van der Waals surface area contributed by atoms with Crippen LogP contribution in [0.15, 0.2) is 11.1 Å². The molecule has 1 fully saturated rings. The molecule has 8 heteroatoms. The molecule has 2 rings (SSSR count). The zero-order valence-corrected chi connectivity index (χ0v) is 13.5. The minimum Gasteiger partial charge on any atom is -0.481 e. The van der Waals surface area contributed by atoms with Crippen molar-refractivity contribution in [1.29, 1.82) is 0 Å². The molecule has 1 aliphatic heterocycles. The smallest absolute Gasteiger partial charge is 0.303 e. The Labute approximate surface area is 124 Å². The summed E-state index contributed by atoms with van der Waals surface area (Å²) in [7, 11) is -1.99. The largest absolute Gasteiger partial charge is 0.481 e. The van der Waals surface area contributed by atoms with Gasteiger partial charge in [-0.15, -0.1) is 0 Å². The maximum Gasteiger partial charge on any atom is 0.303 e. The summed E-state index contributed by atoms with van der Waals surface area (Å²) in [6, 6.07) is 0. The summed E-state index contributed by atoms with van der Waals surface area (Å²) in [4.78, 5) is 11.1. The second-order valence-electron chi connectivity index (χ2n) is 6.27. The molecule has 0 saturated carbocycles. The van der Waals surface area contributed by atoms with Gasteiger partial charge in [0.15, 0.2) is 0 Å². The van der Waals surface area contributed by atoms with Gasteiger partial charge in [-0.3, -0.25) is 9.48 Å². The van der Waals surface area contributed by atoms with E-state index < -0.39 is 21.5 Å². The highest BCUT2D eigenvalue weighted by Crippen LogP contribution is 2.38. The molecular formula is C13H21N3O4S. The predicted molar refractivity (Wildman–Crippen MR) is 76.3 cm³/mol.